The zero-order valence-electron chi connectivity index (χ0n) is 14.3. The van der Waals surface area contributed by atoms with Gasteiger partial charge in [0.1, 0.15) is 17.3 Å². The highest BCUT2D eigenvalue weighted by Crippen LogP contribution is 2.22. The van der Waals surface area contributed by atoms with Crippen molar-refractivity contribution in [1.29, 1.82) is 0 Å². The first-order chi connectivity index (χ1) is 12.5. The van der Waals surface area contributed by atoms with Gasteiger partial charge < -0.3 is 19.7 Å². The number of nitrogens with zero attached hydrogens (tertiary/aromatic N) is 1. The molecule has 3 rings (SSSR count). The van der Waals surface area contributed by atoms with Crippen LogP contribution in [0, 0.1) is 5.82 Å². The zero-order valence-corrected chi connectivity index (χ0v) is 14.3. The number of halogens is 1. The predicted octanol–water partition coefficient (Wildman–Crippen LogP) is 2.13. The highest BCUT2D eigenvalue weighted by molar-refractivity contribution is 5.96. The fraction of sp³-hybridized carbons (Fsp3) is 0.263. The normalized spacial score (nSPS) is 16.5. The molecular formula is C19H19FN2O4. The maximum Gasteiger partial charge on any atom is 0.258 e. The summed E-state index contributed by atoms with van der Waals surface area (Å²) >= 11 is 0. The number of anilines is 1. The molecule has 0 saturated carbocycles. The van der Waals surface area contributed by atoms with E-state index in [1.165, 1.54) is 17.0 Å². The average molecular weight is 358 g/mol. The van der Waals surface area contributed by atoms with Crippen molar-refractivity contribution < 1.29 is 23.5 Å². The third-order valence-electron chi connectivity index (χ3n) is 4.04. The summed E-state index contributed by atoms with van der Waals surface area (Å²) in [4.78, 5) is 25.7. The quantitative estimate of drug-likeness (QED) is 0.859. The van der Waals surface area contributed by atoms with Gasteiger partial charge in [0.05, 0.1) is 13.2 Å². The topological polar surface area (TPSA) is 67.9 Å². The predicted molar refractivity (Wildman–Crippen MR) is 93.8 cm³/mol. The van der Waals surface area contributed by atoms with Gasteiger partial charge in [-0.15, -0.1) is 0 Å². The summed E-state index contributed by atoms with van der Waals surface area (Å²) in [5, 5.41) is 2.79. The van der Waals surface area contributed by atoms with Gasteiger partial charge in [-0.05, 0) is 36.4 Å². The minimum Gasteiger partial charge on any atom is -0.497 e. The van der Waals surface area contributed by atoms with E-state index in [4.69, 9.17) is 9.47 Å². The third-order valence-corrected chi connectivity index (χ3v) is 4.04. The van der Waals surface area contributed by atoms with Crippen LogP contribution in [0.1, 0.15) is 6.42 Å². The molecule has 0 spiro atoms. The highest BCUT2D eigenvalue weighted by atomic mass is 19.1. The summed E-state index contributed by atoms with van der Waals surface area (Å²) in [6.07, 6.45) is 0.197. The van der Waals surface area contributed by atoms with E-state index in [-0.39, 0.29) is 36.7 Å². The number of hydrogen-bond donors (Lipinski definition) is 1. The minimum absolute atomic E-state index is 0.115. The molecule has 1 heterocycles. The van der Waals surface area contributed by atoms with E-state index in [0.29, 0.717) is 23.7 Å². The van der Waals surface area contributed by atoms with Crippen molar-refractivity contribution in [3.8, 4) is 11.5 Å². The zero-order chi connectivity index (χ0) is 18.5. The fourth-order valence-corrected chi connectivity index (χ4v) is 2.78. The number of rotatable bonds is 6. The van der Waals surface area contributed by atoms with Gasteiger partial charge in [-0.3, -0.25) is 9.59 Å². The molecule has 1 saturated heterocycles. The summed E-state index contributed by atoms with van der Waals surface area (Å²) in [6, 6.07) is 12.3. The van der Waals surface area contributed by atoms with Crippen LogP contribution in [0.4, 0.5) is 10.1 Å². The molecule has 2 amide bonds. The molecular weight excluding hydrogens is 339 g/mol. The molecule has 2 aromatic carbocycles. The smallest absolute Gasteiger partial charge is 0.258 e. The van der Waals surface area contributed by atoms with E-state index in [9.17, 15) is 14.0 Å². The molecule has 0 aromatic heterocycles. The molecule has 0 aliphatic carbocycles. The second kappa shape index (κ2) is 7.86. The lowest BCUT2D eigenvalue weighted by atomic mass is 10.2. The molecule has 1 aliphatic heterocycles. The molecule has 0 radical (unpaired) electrons. The maximum absolute atomic E-state index is 13.0. The van der Waals surface area contributed by atoms with Gasteiger partial charge >= 0.3 is 0 Å². The first-order valence-electron chi connectivity index (χ1n) is 8.17. The van der Waals surface area contributed by atoms with Crippen LogP contribution < -0.4 is 19.7 Å². The molecule has 26 heavy (non-hydrogen) atoms. The van der Waals surface area contributed by atoms with Crippen molar-refractivity contribution >= 4 is 17.5 Å². The van der Waals surface area contributed by atoms with Crippen LogP contribution >= 0.6 is 0 Å². The van der Waals surface area contributed by atoms with Crippen LogP contribution in [-0.4, -0.2) is 38.1 Å². The van der Waals surface area contributed by atoms with Gasteiger partial charge in [0.25, 0.3) is 5.91 Å². The van der Waals surface area contributed by atoms with E-state index >= 15 is 0 Å². The van der Waals surface area contributed by atoms with Crippen molar-refractivity contribution in [2.24, 2.45) is 0 Å². The Morgan fingerprint density at radius 3 is 2.69 bits per heavy atom. The monoisotopic (exact) mass is 358 g/mol. The molecule has 136 valence electrons. The summed E-state index contributed by atoms with van der Waals surface area (Å²) in [5.74, 6) is 0.372. The number of amides is 2. The first kappa shape index (κ1) is 17.7. The molecule has 0 unspecified atom stereocenters. The molecule has 1 fully saturated rings. The number of methoxy groups -OCH3 is 1. The highest BCUT2D eigenvalue weighted by Gasteiger charge is 2.31. The van der Waals surface area contributed by atoms with Crippen molar-refractivity contribution in [3.05, 3.63) is 54.3 Å². The van der Waals surface area contributed by atoms with Crippen LogP contribution in [0.5, 0.6) is 11.5 Å². The Hall–Kier alpha value is -3.09. The molecule has 0 bridgehead atoms. The lowest BCUT2D eigenvalue weighted by molar-refractivity contribution is -0.123. The Kier molecular flexibility index (Phi) is 5.36. The number of ether oxygens (including phenoxy) is 2. The van der Waals surface area contributed by atoms with Gasteiger partial charge in [-0.1, -0.05) is 6.07 Å². The lowest BCUT2D eigenvalue weighted by Crippen LogP contribution is -2.39. The summed E-state index contributed by atoms with van der Waals surface area (Å²) in [7, 11) is 1.55. The molecule has 7 heteroatoms. The molecule has 1 atom stereocenters. The van der Waals surface area contributed by atoms with E-state index < -0.39 is 0 Å². The van der Waals surface area contributed by atoms with Gasteiger partial charge in [0.15, 0.2) is 6.61 Å². The number of hydrogen-bond acceptors (Lipinski definition) is 4. The van der Waals surface area contributed by atoms with Crippen LogP contribution in [0.3, 0.4) is 0 Å². The maximum atomic E-state index is 13.0. The van der Waals surface area contributed by atoms with Crippen LogP contribution in [0.2, 0.25) is 0 Å². The Balaban J connectivity index is 1.51. The largest absolute Gasteiger partial charge is 0.497 e. The number of carbonyl (C=O) groups excluding carboxylic acids is 2. The van der Waals surface area contributed by atoms with Gasteiger partial charge in [0, 0.05) is 24.7 Å². The molecule has 6 nitrogen and oxygen atoms in total. The first-order valence-corrected chi connectivity index (χ1v) is 8.17. The Bertz CT molecular complexity index is 794. The Morgan fingerprint density at radius 1 is 1.23 bits per heavy atom. The van der Waals surface area contributed by atoms with Crippen LogP contribution in [0.25, 0.3) is 0 Å². The van der Waals surface area contributed by atoms with E-state index in [1.807, 2.05) is 0 Å². The van der Waals surface area contributed by atoms with Crippen molar-refractivity contribution in [1.82, 2.24) is 5.32 Å². The van der Waals surface area contributed by atoms with Gasteiger partial charge in [-0.2, -0.15) is 0 Å². The summed E-state index contributed by atoms with van der Waals surface area (Å²) in [6.45, 7) is 0.184. The second-order valence-corrected chi connectivity index (χ2v) is 5.92. The average Bonchev–Trinajstić information content (AvgIpc) is 3.01. The standard InChI is InChI=1S/C19H19FN2O4/c1-25-16-3-2-4-17(10-16)26-12-18(23)21-14-9-19(24)22(11-14)15-7-5-13(20)6-8-15/h2-8,10,14H,9,11-12H2,1H3,(H,21,23)/t14-/m1/s1. The van der Waals surface area contributed by atoms with Crippen molar-refractivity contribution in [2.75, 3.05) is 25.2 Å². The number of benzene rings is 2. The number of carbonyl (C=O) groups is 2. The summed E-state index contributed by atoms with van der Waals surface area (Å²) in [5.41, 5.74) is 0.612. The third kappa shape index (κ3) is 4.30. The van der Waals surface area contributed by atoms with Crippen LogP contribution in [-0.2, 0) is 9.59 Å². The molecule has 1 aliphatic rings. The lowest BCUT2D eigenvalue weighted by Gasteiger charge is -2.17. The van der Waals surface area contributed by atoms with Crippen LogP contribution in [0.15, 0.2) is 48.5 Å². The van der Waals surface area contributed by atoms with Gasteiger partial charge in [-0.25, -0.2) is 4.39 Å². The van der Waals surface area contributed by atoms with Crippen molar-refractivity contribution in [2.45, 2.75) is 12.5 Å². The molecule has 2 aromatic rings. The second-order valence-electron chi connectivity index (χ2n) is 5.92. The Morgan fingerprint density at radius 2 is 1.96 bits per heavy atom. The van der Waals surface area contributed by atoms with E-state index in [2.05, 4.69) is 5.32 Å². The fourth-order valence-electron chi connectivity index (χ4n) is 2.78. The van der Waals surface area contributed by atoms with E-state index in [0.717, 1.165) is 0 Å². The van der Waals surface area contributed by atoms with E-state index in [1.54, 1.807) is 43.5 Å². The molecule has 1 N–H and O–H groups in total. The van der Waals surface area contributed by atoms with Crippen molar-refractivity contribution in [3.63, 3.8) is 0 Å². The summed E-state index contributed by atoms with van der Waals surface area (Å²) < 4.78 is 23.5. The van der Waals surface area contributed by atoms with Gasteiger partial charge in [0.2, 0.25) is 5.91 Å². The number of nitrogens with one attached hydrogen (secondary N) is 1. The SMILES string of the molecule is COc1cccc(OCC(=O)N[C@@H]2CC(=O)N(c3ccc(F)cc3)C2)c1. The Labute approximate surface area is 150 Å². The minimum atomic E-state index is -0.361.